The van der Waals surface area contributed by atoms with E-state index in [2.05, 4.69) is 37.5 Å². The van der Waals surface area contributed by atoms with Crippen molar-refractivity contribution in [3.63, 3.8) is 0 Å². The maximum absolute atomic E-state index is 12.2. The fourth-order valence-electron chi connectivity index (χ4n) is 2.08. The van der Waals surface area contributed by atoms with Gasteiger partial charge in [-0.3, -0.25) is 4.79 Å². The van der Waals surface area contributed by atoms with Gasteiger partial charge in [-0.15, -0.1) is 16.9 Å². The first-order valence-corrected chi connectivity index (χ1v) is 8.31. The van der Waals surface area contributed by atoms with Crippen LogP contribution in [0.3, 0.4) is 0 Å². The van der Waals surface area contributed by atoms with E-state index in [1.165, 1.54) is 15.9 Å². The van der Waals surface area contributed by atoms with Crippen LogP contribution in [0, 0.1) is 6.92 Å². The van der Waals surface area contributed by atoms with E-state index in [-0.39, 0.29) is 17.0 Å². The van der Waals surface area contributed by atoms with Crippen molar-refractivity contribution in [2.45, 2.75) is 24.0 Å². The van der Waals surface area contributed by atoms with Crippen molar-refractivity contribution in [2.24, 2.45) is 0 Å². The lowest BCUT2D eigenvalue weighted by Crippen LogP contribution is -2.30. The standard InChI is InChI=1S/C15H17N7OS/c1-10(24-12-6-4-3-5-7-12)8-16-14(23)13-19-11(2)22(21-13)15-17-9-18-20-15/h3-7,9-10H,8H2,1-2H3,(H,16,23)(H,17,18,20)/t10-/m1/s1. The third kappa shape index (κ3) is 3.80. The average Bonchev–Trinajstić information content (AvgIpc) is 3.23. The summed E-state index contributed by atoms with van der Waals surface area (Å²) >= 11 is 1.70. The molecule has 0 radical (unpaired) electrons. The van der Waals surface area contributed by atoms with Crippen LogP contribution in [-0.2, 0) is 0 Å². The molecule has 0 unspecified atom stereocenters. The topological polar surface area (TPSA) is 101 Å². The van der Waals surface area contributed by atoms with Crippen molar-refractivity contribution in [2.75, 3.05) is 6.54 Å². The van der Waals surface area contributed by atoms with Crippen molar-refractivity contribution < 1.29 is 4.79 Å². The van der Waals surface area contributed by atoms with Crippen LogP contribution in [0.4, 0.5) is 0 Å². The number of benzene rings is 1. The fourth-order valence-corrected chi connectivity index (χ4v) is 3.02. The number of amides is 1. The molecule has 2 aromatic heterocycles. The molecule has 24 heavy (non-hydrogen) atoms. The van der Waals surface area contributed by atoms with E-state index in [0.29, 0.717) is 18.3 Å². The van der Waals surface area contributed by atoms with Gasteiger partial charge < -0.3 is 5.32 Å². The zero-order valence-electron chi connectivity index (χ0n) is 13.3. The number of hydrogen-bond donors (Lipinski definition) is 2. The largest absolute Gasteiger partial charge is 0.348 e. The fraction of sp³-hybridized carbons (Fsp3) is 0.267. The average molecular weight is 343 g/mol. The molecule has 2 heterocycles. The van der Waals surface area contributed by atoms with E-state index < -0.39 is 0 Å². The lowest BCUT2D eigenvalue weighted by molar-refractivity contribution is 0.0944. The van der Waals surface area contributed by atoms with Gasteiger partial charge in [0.05, 0.1) is 0 Å². The Balaban J connectivity index is 1.58. The lowest BCUT2D eigenvalue weighted by atomic mass is 10.4. The van der Waals surface area contributed by atoms with E-state index in [9.17, 15) is 4.79 Å². The van der Waals surface area contributed by atoms with E-state index in [4.69, 9.17) is 0 Å². The Bertz CT molecular complexity index is 801. The SMILES string of the molecule is Cc1nc(C(=O)NC[C@@H](C)Sc2ccccc2)nn1-c1ncn[nH]1. The number of carbonyl (C=O) groups excluding carboxylic acids is 1. The van der Waals surface area contributed by atoms with Crippen LogP contribution in [0.25, 0.3) is 5.95 Å². The highest BCUT2D eigenvalue weighted by molar-refractivity contribution is 8.00. The number of aromatic amines is 1. The first-order chi connectivity index (χ1) is 11.6. The number of hydrogen-bond acceptors (Lipinski definition) is 6. The summed E-state index contributed by atoms with van der Waals surface area (Å²) < 4.78 is 1.45. The minimum Gasteiger partial charge on any atom is -0.348 e. The maximum atomic E-state index is 12.2. The summed E-state index contributed by atoms with van der Waals surface area (Å²) in [5.41, 5.74) is 0. The van der Waals surface area contributed by atoms with Gasteiger partial charge in [-0.25, -0.2) is 10.1 Å². The second-order valence-electron chi connectivity index (χ2n) is 5.16. The summed E-state index contributed by atoms with van der Waals surface area (Å²) in [6, 6.07) is 10.1. The maximum Gasteiger partial charge on any atom is 0.291 e. The molecule has 0 aliphatic heterocycles. The van der Waals surface area contributed by atoms with Gasteiger partial charge in [0.2, 0.25) is 11.8 Å². The van der Waals surface area contributed by atoms with Crippen LogP contribution in [0.1, 0.15) is 23.4 Å². The van der Waals surface area contributed by atoms with Gasteiger partial charge in [-0.1, -0.05) is 25.1 Å². The molecule has 124 valence electrons. The minimum atomic E-state index is -0.308. The molecule has 1 aromatic carbocycles. The molecule has 9 heteroatoms. The lowest BCUT2D eigenvalue weighted by Gasteiger charge is -2.11. The summed E-state index contributed by atoms with van der Waals surface area (Å²) in [5.74, 6) is 0.786. The third-order valence-electron chi connectivity index (χ3n) is 3.21. The monoisotopic (exact) mass is 343 g/mol. The van der Waals surface area contributed by atoms with Crippen LogP contribution in [0.15, 0.2) is 41.6 Å². The molecule has 0 aliphatic rings. The quantitative estimate of drug-likeness (QED) is 0.659. The van der Waals surface area contributed by atoms with Crippen molar-refractivity contribution in [1.82, 2.24) is 35.3 Å². The first-order valence-electron chi connectivity index (χ1n) is 7.43. The van der Waals surface area contributed by atoms with Gasteiger partial charge in [0.15, 0.2) is 0 Å². The van der Waals surface area contributed by atoms with Gasteiger partial charge in [-0.05, 0) is 19.1 Å². The van der Waals surface area contributed by atoms with Crippen LogP contribution in [0.2, 0.25) is 0 Å². The normalized spacial score (nSPS) is 12.1. The minimum absolute atomic E-state index is 0.112. The van der Waals surface area contributed by atoms with E-state index in [1.54, 1.807) is 18.7 Å². The zero-order chi connectivity index (χ0) is 16.9. The Morgan fingerprint density at radius 1 is 1.38 bits per heavy atom. The molecular formula is C15H17N7OS. The first kappa shape index (κ1) is 16.2. The molecular weight excluding hydrogens is 326 g/mol. The third-order valence-corrected chi connectivity index (χ3v) is 4.32. The predicted octanol–water partition coefficient (Wildman–Crippen LogP) is 1.60. The summed E-state index contributed by atoms with van der Waals surface area (Å²) in [7, 11) is 0. The highest BCUT2D eigenvalue weighted by Gasteiger charge is 2.17. The number of aryl methyl sites for hydroxylation is 1. The number of carbonyl (C=O) groups is 1. The van der Waals surface area contributed by atoms with Crippen LogP contribution >= 0.6 is 11.8 Å². The summed E-state index contributed by atoms with van der Waals surface area (Å²) in [4.78, 5) is 21.6. The van der Waals surface area contributed by atoms with Crippen LogP contribution in [0.5, 0.6) is 0 Å². The van der Waals surface area contributed by atoms with Crippen molar-refractivity contribution >= 4 is 17.7 Å². The molecule has 1 amide bonds. The highest BCUT2D eigenvalue weighted by Crippen LogP contribution is 2.21. The van der Waals surface area contributed by atoms with Gasteiger partial charge in [0.25, 0.3) is 5.91 Å². The zero-order valence-corrected chi connectivity index (χ0v) is 14.1. The molecule has 3 aromatic rings. The van der Waals surface area contributed by atoms with Gasteiger partial charge in [0, 0.05) is 16.7 Å². The van der Waals surface area contributed by atoms with E-state index >= 15 is 0 Å². The van der Waals surface area contributed by atoms with E-state index in [1.807, 2.05) is 30.3 Å². The number of H-pyrrole nitrogens is 1. The Hall–Kier alpha value is -2.68. The molecule has 0 saturated heterocycles. The second kappa shape index (κ2) is 7.26. The second-order valence-corrected chi connectivity index (χ2v) is 6.67. The Morgan fingerprint density at radius 3 is 2.88 bits per heavy atom. The molecule has 3 rings (SSSR count). The molecule has 0 saturated carbocycles. The number of nitrogens with zero attached hydrogens (tertiary/aromatic N) is 5. The smallest absolute Gasteiger partial charge is 0.291 e. The predicted molar refractivity (Wildman–Crippen MR) is 90.1 cm³/mol. The molecule has 1 atom stereocenters. The Kier molecular flexibility index (Phi) is 4.90. The molecule has 8 nitrogen and oxygen atoms in total. The summed E-state index contributed by atoms with van der Waals surface area (Å²) in [5, 5.41) is 13.7. The van der Waals surface area contributed by atoms with E-state index in [0.717, 1.165) is 0 Å². The Labute approximate surface area is 143 Å². The highest BCUT2D eigenvalue weighted by atomic mass is 32.2. The van der Waals surface area contributed by atoms with Crippen molar-refractivity contribution in [1.29, 1.82) is 0 Å². The van der Waals surface area contributed by atoms with Crippen LogP contribution < -0.4 is 5.32 Å². The number of thioether (sulfide) groups is 1. The number of nitrogens with one attached hydrogen (secondary N) is 2. The number of aromatic nitrogens is 6. The Morgan fingerprint density at radius 2 is 2.17 bits per heavy atom. The van der Waals surface area contributed by atoms with Crippen molar-refractivity contribution in [3.05, 3.63) is 48.3 Å². The summed E-state index contributed by atoms with van der Waals surface area (Å²) in [6.07, 6.45) is 1.37. The van der Waals surface area contributed by atoms with Crippen molar-refractivity contribution in [3.8, 4) is 5.95 Å². The molecule has 0 spiro atoms. The molecule has 2 N–H and O–H groups in total. The summed E-state index contributed by atoms with van der Waals surface area (Å²) in [6.45, 7) is 4.33. The van der Waals surface area contributed by atoms with Gasteiger partial charge >= 0.3 is 0 Å². The number of rotatable bonds is 6. The molecule has 0 bridgehead atoms. The van der Waals surface area contributed by atoms with Crippen LogP contribution in [-0.4, -0.2) is 47.6 Å². The molecule has 0 aliphatic carbocycles. The molecule has 0 fully saturated rings. The van der Waals surface area contributed by atoms with Gasteiger partial charge in [-0.2, -0.15) is 14.8 Å². The van der Waals surface area contributed by atoms with Gasteiger partial charge in [0.1, 0.15) is 12.2 Å².